The molecule has 5 nitrogen and oxygen atoms in total. The number of hydrogen-bond acceptors (Lipinski definition) is 4. The van der Waals surface area contributed by atoms with Gasteiger partial charge in [-0.25, -0.2) is 8.42 Å². The Kier molecular flexibility index (Phi) is 4.88. The highest BCUT2D eigenvalue weighted by atomic mass is 32.2. The zero-order valence-corrected chi connectivity index (χ0v) is 13.2. The average molecular weight is 311 g/mol. The molecule has 0 aliphatic carbocycles. The van der Waals surface area contributed by atoms with Gasteiger partial charge in [-0.3, -0.25) is 4.79 Å². The van der Waals surface area contributed by atoms with Gasteiger partial charge in [0.15, 0.2) is 9.84 Å². The molecule has 1 aromatic rings. The second kappa shape index (κ2) is 6.47. The van der Waals surface area contributed by atoms with Crippen LogP contribution in [0.3, 0.4) is 0 Å². The lowest BCUT2D eigenvalue weighted by atomic mass is 10.1. The van der Waals surface area contributed by atoms with Crippen LogP contribution >= 0.6 is 0 Å². The molecule has 116 valence electrons. The lowest BCUT2D eigenvalue weighted by molar-refractivity contribution is -0.125. The number of hydrogen-bond donors (Lipinski definition) is 1. The van der Waals surface area contributed by atoms with E-state index in [2.05, 4.69) is 5.32 Å². The maximum Gasteiger partial charge on any atom is 0.224 e. The molecule has 1 aliphatic heterocycles. The number of amides is 1. The minimum atomic E-state index is -3.03. The Hall–Kier alpha value is -1.56. The van der Waals surface area contributed by atoms with Crippen molar-refractivity contribution < 1.29 is 17.9 Å². The van der Waals surface area contributed by atoms with Crippen molar-refractivity contribution in [3.63, 3.8) is 0 Å². The summed E-state index contributed by atoms with van der Waals surface area (Å²) in [5.74, 6) is 0.219. The predicted molar refractivity (Wildman–Crippen MR) is 81.0 cm³/mol. The fourth-order valence-corrected chi connectivity index (χ4v) is 4.07. The van der Waals surface area contributed by atoms with Crippen LogP contribution in [0.2, 0.25) is 0 Å². The smallest absolute Gasteiger partial charge is 0.224 e. The molecule has 1 amide bonds. The number of carbonyl (C=O) groups is 1. The summed E-state index contributed by atoms with van der Waals surface area (Å²) in [6.45, 7) is 4.18. The molecule has 2 rings (SSSR count). The number of sulfone groups is 1. The quantitative estimate of drug-likeness (QED) is 0.890. The number of rotatable bonds is 5. The Morgan fingerprint density at radius 3 is 2.86 bits per heavy atom. The van der Waals surface area contributed by atoms with Crippen molar-refractivity contribution in [1.82, 2.24) is 5.32 Å². The molecule has 6 heteroatoms. The molecule has 1 fully saturated rings. The van der Waals surface area contributed by atoms with Crippen LogP contribution in [-0.2, 0) is 14.6 Å². The van der Waals surface area contributed by atoms with E-state index in [9.17, 15) is 13.2 Å². The first-order chi connectivity index (χ1) is 9.85. The number of benzene rings is 1. The van der Waals surface area contributed by atoms with Gasteiger partial charge in [0.2, 0.25) is 5.91 Å². The predicted octanol–water partition coefficient (Wildman–Crippen LogP) is 1.31. The van der Waals surface area contributed by atoms with Gasteiger partial charge in [-0.1, -0.05) is 12.1 Å². The molecule has 2 unspecified atom stereocenters. The van der Waals surface area contributed by atoms with Crippen molar-refractivity contribution in [1.29, 1.82) is 0 Å². The zero-order chi connectivity index (χ0) is 15.5. The van der Waals surface area contributed by atoms with Crippen molar-refractivity contribution in [3.05, 3.63) is 29.8 Å². The fourth-order valence-electron chi connectivity index (χ4n) is 2.33. The molecule has 1 aromatic carbocycles. The molecular weight excluding hydrogens is 290 g/mol. The van der Waals surface area contributed by atoms with Gasteiger partial charge in [-0.05, 0) is 38.0 Å². The lowest BCUT2D eigenvalue weighted by Crippen LogP contribution is -2.40. The third-order valence-electron chi connectivity index (χ3n) is 3.48. The Balaban J connectivity index is 1.79. The van der Waals surface area contributed by atoms with Gasteiger partial charge in [-0.2, -0.15) is 0 Å². The molecular formula is C15H21NO4S. The SMILES string of the molecule is Cc1cccc(OCC(C)NC(=O)C2CCS(=O)(=O)C2)c1. The summed E-state index contributed by atoms with van der Waals surface area (Å²) in [5, 5.41) is 2.82. The number of ether oxygens (including phenoxy) is 1. The Morgan fingerprint density at radius 1 is 1.48 bits per heavy atom. The summed E-state index contributed by atoms with van der Waals surface area (Å²) < 4.78 is 28.4. The summed E-state index contributed by atoms with van der Waals surface area (Å²) in [7, 11) is -3.03. The third kappa shape index (κ3) is 4.74. The maximum absolute atomic E-state index is 12.0. The number of carbonyl (C=O) groups excluding carboxylic acids is 1. The molecule has 0 saturated carbocycles. The second-order valence-corrected chi connectivity index (χ2v) is 7.87. The summed E-state index contributed by atoms with van der Waals surface area (Å²) >= 11 is 0. The zero-order valence-electron chi connectivity index (χ0n) is 12.3. The molecule has 1 heterocycles. The van der Waals surface area contributed by atoms with E-state index in [-0.39, 0.29) is 23.5 Å². The van der Waals surface area contributed by atoms with Crippen LogP contribution in [0.1, 0.15) is 18.9 Å². The van der Waals surface area contributed by atoms with Gasteiger partial charge in [-0.15, -0.1) is 0 Å². The van der Waals surface area contributed by atoms with Crippen molar-refractivity contribution in [2.45, 2.75) is 26.3 Å². The van der Waals surface area contributed by atoms with Crippen LogP contribution in [0.15, 0.2) is 24.3 Å². The highest BCUT2D eigenvalue weighted by Crippen LogP contribution is 2.18. The van der Waals surface area contributed by atoms with Gasteiger partial charge in [0, 0.05) is 0 Å². The van der Waals surface area contributed by atoms with E-state index in [1.54, 1.807) is 0 Å². The topological polar surface area (TPSA) is 72.5 Å². The van der Waals surface area contributed by atoms with Crippen molar-refractivity contribution in [2.75, 3.05) is 18.1 Å². The summed E-state index contributed by atoms with van der Waals surface area (Å²) in [6.07, 6.45) is 0.416. The maximum atomic E-state index is 12.0. The van der Waals surface area contributed by atoms with Crippen LogP contribution in [-0.4, -0.2) is 38.5 Å². The minimum absolute atomic E-state index is 0.0374. The van der Waals surface area contributed by atoms with E-state index in [1.807, 2.05) is 38.1 Å². The van der Waals surface area contributed by atoms with E-state index in [1.165, 1.54) is 0 Å². The second-order valence-electron chi connectivity index (χ2n) is 5.64. The molecule has 21 heavy (non-hydrogen) atoms. The molecule has 0 spiro atoms. The van der Waals surface area contributed by atoms with E-state index in [4.69, 9.17) is 4.74 Å². The molecule has 1 N–H and O–H groups in total. The average Bonchev–Trinajstić information content (AvgIpc) is 2.77. The highest BCUT2D eigenvalue weighted by molar-refractivity contribution is 7.91. The minimum Gasteiger partial charge on any atom is -0.491 e. The van der Waals surface area contributed by atoms with Crippen molar-refractivity contribution in [2.24, 2.45) is 5.92 Å². The van der Waals surface area contributed by atoms with Crippen LogP contribution in [0.25, 0.3) is 0 Å². The first kappa shape index (κ1) is 15.8. The lowest BCUT2D eigenvalue weighted by Gasteiger charge is -2.17. The molecule has 0 radical (unpaired) electrons. The van der Waals surface area contributed by atoms with Crippen LogP contribution < -0.4 is 10.1 Å². The third-order valence-corrected chi connectivity index (χ3v) is 5.25. The van der Waals surface area contributed by atoms with Gasteiger partial charge in [0.05, 0.1) is 23.5 Å². The summed E-state index contributed by atoms with van der Waals surface area (Å²) in [5.41, 5.74) is 1.11. The normalized spacial score (nSPS) is 21.7. The highest BCUT2D eigenvalue weighted by Gasteiger charge is 2.33. The van der Waals surface area contributed by atoms with E-state index in [0.29, 0.717) is 13.0 Å². The first-order valence-electron chi connectivity index (χ1n) is 7.06. The van der Waals surface area contributed by atoms with Crippen molar-refractivity contribution >= 4 is 15.7 Å². The Morgan fingerprint density at radius 2 is 2.24 bits per heavy atom. The van der Waals surface area contributed by atoms with Crippen molar-refractivity contribution in [3.8, 4) is 5.75 Å². The van der Waals surface area contributed by atoms with Gasteiger partial charge >= 0.3 is 0 Å². The van der Waals surface area contributed by atoms with Gasteiger partial charge < -0.3 is 10.1 Å². The molecule has 0 bridgehead atoms. The molecule has 0 aromatic heterocycles. The summed E-state index contributed by atoms with van der Waals surface area (Å²) in [4.78, 5) is 12.0. The first-order valence-corrected chi connectivity index (χ1v) is 8.88. The largest absolute Gasteiger partial charge is 0.491 e. The van der Waals surface area contributed by atoms with E-state index in [0.717, 1.165) is 11.3 Å². The van der Waals surface area contributed by atoms with Crippen LogP contribution in [0, 0.1) is 12.8 Å². The number of nitrogens with one attached hydrogen (secondary N) is 1. The molecule has 1 saturated heterocycles. The standard InChI is InChI=1S/C15H21NO4S/c1-11-4-3-5-14(8-11)20-9-12(2)16-15(17)13-6-7-21(18,19)10-13/h3-5,8,12-13H,6-7,9-10H2,1-2H3,(H,16,17). The molecule has 1 aliphatic rings. The van der Waals surface area contributed by atoms with Gasteiger partial charge in [0.25, 0.3) is 0 Å². The Labute approximate surface area is 125 Å². The van der Waals surface area contributed by atoms with Gasteiger partial charge in [0.1, 0.15) is 12.4 Å². The van der Waals surface area contributed by atoms with E-state index < -0.39 is 15.8 Å². The summed E-state index contributed by atoms with van der Waals surface area (Å²) in [6, 6.07) is 7.53. The van der Waals surface area contributed by atoms with Crippen LogP contribution in [0.4, 0.5) is 0 Å². The van der Waals surface area contributed by atoms with E-state index >= 15 is 0 Å². The molecule has 2 atom stereocenters. The monoisotopic (exact) mass is 311 g/mol. The van der Waals surface area contributed by atoms with Crippen LogP contribution in [0.5, 0.6) is 5.75 Å². The fraction of sp³-hybridized carbons (Fsp3) is 0.533. The number of aryl methyl sites for hydroxylation is 1. The Bertz CT molecular complexity index is 612.